The van der Waals surface area contributed by atoms with Gasteiger partial charge in [-0.3, -0.25) is 0 Å². The standard InChI is InChI=1S/C16H17BrN4/c1-2-21-8-7-19-15(21)10-13(18)16-12(17)9-11-5-3-4-6-14(11)20-16/h3-9,13H,2,10,18H2,1H3. The predicted molar refractivity (Wildman–Crippen MR) is 88.0 cm³/mol. The maximum atomic E-state index is 6.36. The van der Waals surface area contributed by atoms with Crippen LogP contribution in [0.3, 0.4) is 0 Å². The summed E-state index contributed by atoms with van der Waals surface area (Å²) in [6.07, 6.45) is 4.46. The highest BCUT2D eigenvalue weighted by molar-refractivity contribution is 9.10. The second-order valence-corrected chi connectivity index (χ2v) is 5.84. The molecule has 1 atom stereocenters. The number of para-hydroxylation sites is 1. The first-order valence-corrected chi connectivity index (χ1v) is 7.79. The summed E-state index contributed by atoms with van der Waals surface area (Å²) >= 11 is 3.59. The minimum atomic E-state index is -0.184. The van der Waals surface area contributed by atoms with E-state index >= 15 is 0 Å². The van der Waals surface area contributed by atoms with E-state index in [9.17, 15) is 0 Å². The average molecular weight is 345 g/mol. The summed E-state index contributed by atoms with van der Waals surface area (Å²) in [5, 5.41) is 1.11. The van der Waals surface area contributed by atoms with Crippen molar-refractivity contribution in [3.8, 4) is 0 Å². The SMILES string of the molecule is CCn1ccnc1CC(N)c1nc2ccccc2cc1Br. The number of pyridine rings is 1. The van der Waals surface area contributed by atoms with Crippen molar-refractivity contribution in [2.24, 2.45) is 5.73 Å². The second kappa shape index (κ2) is 5.95. The van der Waals surface area contributed by atoms with E-state index in [2.05, 4.69) is 38.5 Å². The predicted octanol–water partition coefficient (Wildman–Crippen LogP) is 3.46. The Bertz CT molecular complexity index is 766. The Balaban J connectivity index is 1.94. The zero-order chi connectivity index (χ0) is 14.8. The summed E-state index contributed by atoms with van der Waals surface area (Å²) in [4.78, 5) is 9.09. The first-order valence-electron chi connectivity index (χ1n) is 6.99. The largest absolute Gasteiger partial charge is 0.335 e. The van der Waals surface area contributed by atoms with Crippen LogP contribution in [0, 0.1) is 0 Å². The highest BCUT2D eigenvalue weighted by Crippen LogP contribution is 2.26. The third kappa shape index (κ3) is 2.84. The molecule has 0 saturated heterocycles. The van der Waals surface area contributed by atoms with E-state index in [1.807, 2.05) is 36.7 Å². The number of hydrogen-bond donors (Lipinski definition) is 1. The Hall–Kier alpha value is -1.72. The molecule has 0 saturated carbocycles. The topological polar surface area (TPSA) is 56.7 Å². The van der Waals surface area contributed by atoms with Gasteiger partial charge in [-0.25, -0.2) is 9.97 Å². The van der Waals surface area contributed by atoms with Gasteiger partial charge in [-0.2, -0.15) is 0 Å². The van der Waals surface area contributed by atoms with E-state index in [-0.39, 0.29) is 6.04 Å². The van der Waals surface area contributed by atoms with Crippen LogP contribution in [0.25, 0.3) is 10.9 Å². The highest BCUT2D eigenvalue weighted by atomic mass is 79.9. The van der Waals surface area contributed by atoms with Gasteiger partial charge in [-0.15, -0.1) is 0 Å². The van der Waals surface area contributed by atoms with Crippen molar-refractivity contribution in [1.82, 2.24) is 14.5 Å². The first-order chi connectivity index (χ1) is 10.2. The molecule has 2 aromatic heterocycles. The third-order valence-electron chi connectivity index (χ3n) is 3.60. The van der Waals surface area contributed by atoms with E-state index in [0.29, 0.717) is 6.42 Å². The number of halogens is 1. The maximum absolute atomic E-state index is 6.36. The number of rotatable bonds is 4. The fourth-order valence-corrected chi connectivity index (χ4v) is 3.11. The average Bonchev–Trinajstić information content (AvgIpc) is 2.93. The number of imidazole rings is 1. The number of nitrogens with two attached hydrogens (primary N) is 1. The smallest absolute Gasteiger partial charge is 0.110 e. The number of benzene rings is 1. The normalized spacial score (nSPS) is 12.7. The third-order valence-corrected chi connectivity index (χ3v) is 4.24. The molecule has 0 aliphatic rings. The molecular weight excluding hydrogens is 328 g/mol. The molecular formula is C16H17BrN4. The van der Waals surface area contributed by atoms with Crippen LogP contribution in [0.1, 0.15) is 24.5 Å². The van der Waals surface area contributed by atoms with Gasteiger partial charge in [0.05, 0.1) is 17.3 Å². The molecule has 108 valence electrons. The monoisotopic (exact) mass is 344 g/mol. The molecule has 0 radical (unpaired) electrons. The molecule has 4 nitrogen and oxygen atoms in total. The Morgan fingerprint density at radius 3 is 2.95 bits per heavy atom. The fraction of sp³-hybridized carbons (Fsp3) is 0.250. The zero-order valence-electron chi connectivity index (χ0n) is 11.8. The molecule has 0 aliphatic carbocycles. The number of aromatic nitrogens is 3. The zero-order valence-corrected chi connectivity index (χ0v) is 13.4. The van der Waals surface area contributed by atoms with Crippen LogP contribution in [0.2, 0.25) is 0 Å². The summed E-state index contributed by atoms with van der Waals surface area (Å²) in [5.41, 5.74) is 8.19. The van der Waals surface area contributed by atoms with E-state index in [1.165, 1.54) is 0 Å². The van der Waals surface area contributed by atoms with Gasteiger partial charge in [0.2, 0.25) is 0 Å². The molecule has 2 N–H and O–H groups in total. The van der Waals surface area contributed by atoms with Crippen LogP contribution < -0.4 is 5.73 Å². The van der Waals surface area contributed by atoms with Gasteiger partial charge >= 0.3 is 0 Å². The van der Waals surface area contributed by atoms with Crippen molar-refractivity contribution in [2.75, 3.05) is 0 Å². The Kier molecular flexibility index (Phi) is 4.03. The quantitative estimate of drug-likeness (QED) is 0.788. The van der Waals surface area contributed by atoms with Gasteiger partial charge in [0.1, 0.15) is 5.82 Å². The number of hydrogen-bond acceptors (Lipinski definition) is 3. The summed E-state index contributed by atoms with van der Waals surface area (Å²) in [6, 6.07) is 9.94. The second-order valence-electron chi connectivity index (χ2n) is 4.99. The van der Waals surface area contributed by atoms with E-state index in [0.717, 1.165) is 33.4 Å². The van der Waals surface area contributed by atoms with Crippen molar-refractivity contribution in [3.05, 3.63) is 58.7 Å². The van der Waals surface area contributed by atoms with Crippen molar-refractivity contribution in [2.45, 2.75) is 25.9 Å². The van der Waals surface area contributed by atoms with Crippen LogP contribution in [0.15, 0.2) is 47.2 Å². The maximum Gasteiger partial charge on any atom is 0.110 e. The molecule has 0 amide bonds. The van der Waals surface area contributed by atoms with Crippen LogP contribution in [0.5, 0.6) is 0 Å². The lowest BCUT2D eigenvalue weighted by molar-refractivity contribution is 0.617. The molecule has 0 bridgehead atoms. The summed E-state index contributed by atoms with van der Waals surface area (Å²) < 4.78 is 3.05. The van der Waals surface area contributed by atoms with E-state index < -0.39 is 0 Å². The minimum absolute atomic E-state index is 0.184. The first kappa shape index (κ1) is 14.2. The molecule has 1 aromatic carbocycles. The Labute approximate surface area is 132 Å². The summed E-state index contributed by atoms with van der Waals surface area (Å²) in [7, 11) is 0. The molecule has 3 rings (SSSR count). The van der Waals surface area contributed by atoms with Crippen molar-refractivity contribution < 1.29 is 0 Å². The minimum Gasteiger partial charge on any atom is -0.335 e. The lowest BCUT2D eigenvalue weighted by atomic mass is 10.1. The van der Waals surface area contributed by atoms with Crippen molar-refractivity contribution in [3.63, 3.8) is 0 Å². The van der Waals surface area contributed by atoms with E-state index in [4.69, 9.17) is 10.7 Å². The molecule has 0 spiro atoms. The van der Waals surface area contributed by atoms with Crippen LogP contribution in [0.4, 0.5) is 0 Å². The van der Waals surface area contributed by atoms with Gasteiger partial charge < -0.3 is 10.3 Å². The molecule has 0 fully saturated rings. The fourth-order valence-electron chi connectivity index (χ4n) is 2.48. The lowest BCUT2D eigenvalue weighted by Gasteiger charge is -2.14. The number of fused-ring (bicyclic) bond motifs is 1. The molecule has 1 unspecified atom stereocenters. The Morgan fingerprint density at radius 2 is 2.14 bits per heavy atom. The highest BCUT2D eigenvalue weighted by Gasteiger charge is 2.16. The molecule has 21 heavy (non-hydrogen) atoms. The van der Waals surface area contributed by atoms with Crippen molar-refractivity contribution in [1.29, 1.82) is 0 Å². The van der Waals surface area contributed by atoms with E-state index in [1.54, 1.807) is 0 Å². The van der Waals surface area contributed by atoms with Crippen LogP contribution >= 0.6 is 15.9 Å². The lowest BCUT2D eigenvalue weighted by Crippen LogP contribution is -2.18. The van der Waals surface area contributed by atoms with Gasteiger partial charge in [-0.1, -0.05) is 18.2 Å². The van der Waals surface area contributed by atoms with Crippen LogP contribution in [-0.2, 0) is 13.0 Å². The molecule has 5 heteroatoms. The van der Waals surface area contributed by atoms with Crippen molar-refractivity contribution >= 4 is 26.8 Å². The summed E-state index contributed by atoms with van der Waals surface area (Å²) in [6.45, 7) is 3.00. The van der Waals surface area contributed by atoms with Crippen LogP contribution in [-0.4, -0.2) is 14.5 Å². The van der Waals surface area contributed by atoms with Gasteiger partial charge in [0, 0.05) is 35.2 Å². The molecule has 0 aliphatic heterocycles. The number of aryl methyl sites for hydroxylation is 1. The van der Waals surface area contributed by atoms with Gasteiger partial charge in [0.25, 0.3) is 0 Å². The van der Waals surface area contributed by atoms with Gasteiger partial charge in [-0.05, 0) is 35.0 Å². The summed E-state index contributed by atoms with van der Waals surface area (Å²) in [5.74, 6) is 0.992. The van der Waals surface area contributed by atoms with Gasteiger partial charge in [0.15, 0.2) is 0 Å². The molecule has 2 heterocycles. The number of nitrogens with zero attached hydrogens (tertiary/aromatic N) is 3. The molecule has 3 aromatic rings. The Morgan fingerprint density at radius 1 is 1.33 bits per heavy atom.